The molecule has 0 saturated carbocycles. The lowest BCUT2D eigenvalue weighted by atomic mass is 10.2. The number of ether oxygens (including phenoxy) is 1. The molecule has 2 aromatic heterocycles. The van der Waals surface area contributed by atoms with Crippen molar-refractivity contribution in [1.82, 2.24) is 19.4 Å². The Bertz CT molecular complexity index is 1130. The summed E-state index contributed by atoms with van der Waals surface area (Å²) in [5, 5.41) is 0. The van der Waals surface area contributed by atoms with E-state index >= 15 is 0 Å². The lowest BCUT2D eigenvalue weighted by molar-refractivity contribution is -0.141. The van der Waals surface area contributed by atoms with Crippen LogP contribution in [0.3, 0.4) is 0 Å². The van der Waals surface area contributed by atoms with E-state index in [2.05, 4.69) is 9.97 Å². The van der Waals surface area contributed by atoms with Gasteiger partial charge in [0.25, 0.3) is 11.5 Å². The Labute approximate surface area is 180 Å². The van der Waals surface area contributed by atoms with Crippen LogP contribution in [0.5, 0.6) is 0 Å². The topological polar surface area (TPSA) is 80.6 Å². The number of piperazine rings is 1. The van der Waals surface area contributed by atoms with E-state index < -0.39 is 0 Å². The minimum absolute atomic E-state index is 0.0642. The highest BCUT2D eigenvalue weighted by Crippen LogP contribution is 2.19. The van der Waals surface area contributed by atoms with E-state index in [1.807, 2.05) is 52.3 Å². The maximum absolute atomic E-state index is 13.4. The zero-order valence-corrected chi connectivity index (χ0v) is 17.3. The van der Waals surface area contributed by atoms with Crippen LogP contribution < -0.4 is 10.5 Å². The molecule has 0 spiro atoms. The van der Waals surface area contributed by atoms with Crippen molar-refractivity contribution in [2.45, 2.75) is 25.5 Å². The van der Waals surface area contributed by atoms with E-state index in [4.69, 9.17) is 4.74 Å². The van der Waals surface area contributed by atoms with Gasteiger partial charge in [0.2, 0.25) is 0 Å². The lowest BCUT2D eigenvalue weighted by Gasteiger charge is -2.36. The number of aromatic nitrogens is 3. The summed E-state index contributed by atoms with van der Waals surface area (Å²) in [6.07, 6.45) is 3.11. The van der Waals surface area contributed by atoms with Crippen LogP contribution in [-0.2, 0) is 16.1 Å². The molecule has 0 N–H and O–H groups in total. The van der Waals surface area contributed by atoms with Crippen molar-refractivity contribution in [2.24, 2.45) is 0 Å². The van der Waals surface area contributed by atoms with Crippen LogP contribution in [0.2, 0.25) is 0 Å². The third kappa shape index (κ3) is 3.90. The van der Waals surface area contributed by atoms with Gasteiger partial charge in [-0.1, -0.05) is 30.3 Å². The number of nitrogens with zero attached hydrogens (tertiary/aromatic N) is 5. The molecule has 2 fully saturated rings. The highest BCUT2D eigenvalue weighted by molar-refractivity contribution is 5.81. The number of hydrogen-bond donors (Lipinski definition) is 0. The van der Waals surface area contributed by atoms with Gasteiger partial charge in [-0.25, -0.2) is 9.97 Å². The number of carbonyl (C=O) groups excluding carboxylic acids is 1. The first-order valence-corrected chi connectivity index (χ1v) is 10.8. The summed E-state index contributed by atoms with van der Waals surface area (Å²) in [6, 6.07) is 13.6. The van der Waals surface area contributed by atoms with Gasteiger partial charge in [-0.15, -0.1) is 0 Å². The summed E-state index contributed by atoms with van der Waals surface area (Å²) < 4.78 is 7.23. The van der Waals surface area contributed by atoms with Crippen molar-refractivity contribution in [1.29, 1.82) is 0 Å². The average Bonchev–Trinajstić information content (AvgIpc) is 3.36. The fourth-order valence-corrected chi connectivity index (χ4v) is 4.30. The number of benzene rings is 1. The molecule has 0 unspecified atom stereocenters. The number of fused-ring (bicyclic) bond motifs is 1. The third-order valence-corrected chi connectivity index (χ3v) is 5.96. The second-order valence-electron chi connectivity index (χ2n) is 7.97. The molecule has 1 aromatic carbocycles. The molecule has 4 heterocycles. The maximum Gasteiger partial charge on any atom is 0.295 e. The quantitative estimate of drug-likeness (QED) is 0.640. The first-order valence-electron chi connectivity index (χ1n) is 10.8. The summed E-state index contributed by atoms with van der Waals surface area (Å²) in [5.41, 5.74) is 2.13. The number of hydrogen-bond acceptors (Lipinski definition) is 6. The van der Waals surface area contributed by atoms with E-state index in [0.717, 1.165) is 18.4 Å². The van der Waals surface area contributed by atoms with Gasteiger partial charge in [0.15, 0.2) is 11.5 Å². The molecule has 8 nitrogen and oxygen atoms in total. The minimum atomic E-state index is -0.306. The molecular weight excluding hydrogens is 394 g/mol. The van der Waals surface area contributed by atoms with Crippen LogP contribution in [0.1, 0.15) is 18.4 Å². The predicted molar refractivity (Wildman–Crippen MR) is 117 cm³/mol. The Balaban J connectivity index is 1.42. The van der Waals surface area contributed by atoms with Crippen LogP contribution in [0.15, 0.2) is 53.5 Å². The van der Waals surface area contributed by atoms with Crippen LogP contribution in [0.4, 0.5) is 5.82 Å². The van der Waals surface area contributed by atoms with E-state index in [0.29, 0.717) is 56.3 Å². The fourth-order valence-electron chi connectivity index (χ4n) is 4.30. The van der Waals surface area contributed by atoms with Gasteiger partial charge in [-0.3, -0.25) is 14.2 Å². The predicted octanol–water partition coefficient (Wildman–Crippen LogP) is 1.67. The van der Waals surface area contributed by atoms with E-state index in [1.54, 1.807) is 10.8 Å². The Morgan fingerprint density at radius 1 is 1.06 bits per heavy atom. The van der Waals surface area contributed by atoms with Crippen LogP contribution >= 0.6 is 0 Å². The molecule has 8 heteroatoms. The zero-order chi connectivity index (χ0) is 21.2. The third-order valence-electron chi connectivity index (χ3n) is 5.96. The molecule has 0 radical (unpaired) electrons. The molecular formula is C23H25N5O3. The van der Waals surface area contributed by atoms with Crippen molar-refractivity contribution in [2.75, 3.05) is 37.7 Å². The summed E-state index contributed by atoms with van der Waals surface area (Å²) in [5.74, 6) is 0.481. The molecule has 1 amide bonds. The van der Waals surface area contributed by atoms with E-state index in [1.165, 1.54) is 0 Å². The average molecular weight is 419 g/mol. The molecule has 1 atom stereocenters. The van der Waals surface area contributed by atoms with Crippen LogP contribution in [-0.4, -0.2) is 64.2 Å². The van der Waals surface area contributed by atoms with Gasteiger partial charge >= 0.3 is 0 Å². The number of amides is 1. The molecule has 2 aliphatic rings. The summed E-state index contributed by atoms with van der Waals surface area (Å²) >= 11 is 0. The number of rotatable bonds is 4. The summed E-state index contributed by atoms with van der Waals surface area (Å²) in [7, 11) is 0. The largest absolute Gasteiger partial charge is 0.368 e. The van der Waals surface area contributed by atoms with Crippen molar-refractivity contribution in [3.63, 3.8) is 0 Å². The molecule has 0 aliphatic carbocycles. The summed E-state index contributed by atoms with van der Waals surface area (Å²) in [4.78, 5) is 39.0. The SMILES string of the molecule is O=C([C@@H]1CCCO1)N1CCN(c2nc3cccnc3n(Cc3ccccc3)c2=O)CC1. The van der Waals surface area contributed by atoms with Crippen molar-refractivity contribution in [3.05, 3.63) is 64.6 Å². The molecule has 3 aromatic rings. The monoisotopic (exact) mass is 419 g/mol. The Hall–Kier alpha value is -3.26. The first kappa shape index (κ1) is 19.7. The van der Waals surface area contributed by atoms with E-state index in [-0.39, 0.29) is 17.6 Å². The molecule has 2 aliphatic heterocycles. The fraction of sp³-hybridized carbons (Fsp3) is 0.391. The van der Waals surface area contributed by atoms with Crippen LogP contribution in [0.25, 0.3) is 11.2 Å². The first-order chi connectivity index (χ1) is 15.2. The molecule has 31 heavy (non-hydrogen) atoms. The Kier molecular flexibility index (Phi) is 5.38. The van der Waals surface area contributed by atoms with Crippen LogP contribution in [0, 0.1) is 0 Å². The van der Waals surface area contributed by atoms with Crippen molar-refractivity contribution >= 4 is 22.9 Å². The van der Waals surface area contributed by atoms with Gasteiger partial charge in [0.1, 0.15) is 11.6 Å². The number of carbonyl (C=O) groups is 1. The zero-order valence-electron chi connectivity index (χ0n) is 17.3. The Morgan fingerprint density at radius 3 is 2.61 bits per heavy atom. The smallest absolute Gasteiger partial charge is 0.295 e. The van der Waals surface area contributed by atoms with Gasteiger partial charge in [-0.2, -0.15) is 0 Å². The standard InChI is InChI=1S/C23H25N5O3/c29-22(19-9-5-15-31-19)27-13-11-26(12-14-27)21-23(30)28(16-17-6-2-1-3-7-17)20-18(25-21)8-4-10-24-20/h1-4,6-8,10,19H,5,9,11-16H2/t19-/m0/s1. The van der Waals surface area contributed by atoms with E-state index in [9.17, 15) is 9.59 Å². The second kappa shape index (κ2) is 8.47. The van der Waals surface area contributed by atoms with Gasteiger partial charge in [0, 0.05) is 39.0 Å². The number of pyridine rings is 1. The highest BCUT2D eigenvalue weighted by Gasteiger charge is 2.31. The van der Waals surface area contributed by atoms with Gasteiger partial charge in [0.05, 0.1) is 6.54 Å². The maximum atomic E-state index is 13.4. The molecule has 0 bridgehead atoms. The van der Waals surface area contributed by atoms with Gasteiger partial charge in [-0.05, 0) is 30.5 Å². The molecule has 2 saturated heterocycles. The highest BCUT2D eigenvalue weighted by atomic mass is 16.5. The normalized spacial score (nSPS) is 19.2. The number of anilines is 1. The minimum Gasteiger partial charge on any atom is -0.368 e. The lowest BCUT2D eigenvalue weighted by Crippen LogP contribution is -2.52. The molecule has 160 valence electrons. The summed E-state index contributed by atoms with van der Waals surface area (Å²) in [6.45, 7) is 3.34. The molecule has 5 rings (SSSR count). The van der Waals surface area contributed by atoms with Gasteiger partial charge < -0.3 is 14.5 Å². The second-order valence-corrected chi connectivity index (χ2v) is 7.97. The Morgan fingerprint density at radius 2 is 1.87 bits per heavy atom. The van der Waals surface area contributed by atoms with Crippen molar-refractivity contribution < 1.29 is 9.53 Å². The van der Waals surface area contributed by atoms with Crippen molar-refractivity contribution in [3.8, 4) is 0 Å².